The summed E-state index contributed by atoms with van der Waals surface area (Å²) in [6, 6.07) is 3.93. The van der Waals surface area contributed by atoms with Crippen LogP contribution in [0.1, 0.15) is 30.5 Å². The number of benzene rings is 1. The lowest BCUT2D eigenvalue weighted by molar-refractivity contribution is 0.391. The van der Waals surface area contributed by atoms with E-state index in [1.807, 2.05) is 23.9 Å². The van der Waals surface area contributed by atoms with E-state index >= 15 is 0 Å². The largest absolute Gasteiger partial charge is 0.496 e. The van der Waals surface area contributed by atoms with Crippen molar-refractivity contribution in [3.63, 3.8) is 0 Å². The van der Waals surface area contributed by atoms with Gasteiger partial charge in [0, 0.05) is 28.2 Å². The number of ether oxygens (including phenoxy) is 2. The van der Waals surface area contributed by atoms with Crippen molar-refractivity contribution in [3.05, 3.63) is 23.3 Å². The molecule has 1 aliphatic rings. The van der Waals surface area contributed by atoms with E-state index in [1.54, 1.807) is 14.2 Å². The van der Waals surface area contributed by atoms with Gasteiger partial charge in [-0.1, -0.05) is 6.92 Å². The van der Waals surface area contributed by atoms with Gasteiger partial charge in [0.15, 0.2) is 0 Å². The molecule has 2 N–H and O–H groups in total. The molecular formula is C13H19NO2S. The molecule has 0 radical (unpaired) electrons. The molecule has 1 unspecified atom stereocenters. The third kappa shape index (κ3) is 2.38. The third-order valence-corrected chi connectivity index (χ3v) is 4.40. The minimum atomic E-state index is 0.0278. The van der Waals surface area contributed by atoms with Crippen LogP contribution in [-0.2, 0) is 5.75 Å². The molecule has 1 aromatic rings. The monoisotopic (exact) mass is 253 g/mol. The van der Waals surface area contributed by atoms with E-state index < -0.39 is 0 Å². The number of fused-ring (bicyclic) bond motifs is 1. The van der Waals surface area contributed by atoms with Gasteiger partial charge in [0.1, 0.15) is 11.5 Å². The standard InChI is InChI=1S/C13H19NO2S/c1-8-6-10(14)13-9(7-17-8)11(15-2)4-5-12(13)16-3/h4-5,8,10H,6-7,14H2,1-3H3/t8?,10-/m0/s1. The molecule has 94 valence electrons. The molecule has 0 spiro atoms. The Morgan fingerprint density at radius 1 is 1.24 bits per heavy atom. The van der Waals surface area contributed by atoms with Crippen molar-refractivity contribution in [1.82, 2.24) is 0 Å². The predicted molar refractivity (Wildman–Crippen MR) is 71.8 cm³/mol. The molecule has 2 rings (SSSR count). The molecule has 0 amide bonds. The number of nitrogens with two attached hydrogens (primary N) is 1. The molecule has 2 atom stereocenters. The topological polar surface area (TPSA) is 44.5 Å². The van der Waals surface area contributed by atoms with Gasteiger partial charge in [0.05, 0.1) is 14.2 Å². The minimum absolute atomic E-state index is 0.0278. The Bertz CT molecular complexity index is 409. The van der Waals surface area contributed by atoms with Gasteiger partial charge in [-0.05, 0) is 18.6 Å². The highest BCUT2D eigenvalue weighted by Gasteiger charge is 2.25. The normalized spacial score (nSPS) is 23.8. The lowest BCUT2D eigenvalue weighted by Gasteiger charge is -2.19. The van der Waals surface area contributed by atoms with Crippen LogP contribution in [0.4, 0.5) is 0 Å². The summed E-state index contributed by atoms with van der Waals surface area (Å²) in [5, 5.41) is 0.562. The van der Waals surface area contributed by atoms with Crippen LogP contribution in [0.3, 0.4) is 0 Å². The van der Waals surface area contributed by atoms with Crippen molar-refractivity contribution < 1.29 is 9.47 Å². The second-order valence-electron chi connectivity index (χ2n) is 4.33. The molecule has 0 aromatic heterocycles. The zero-order chi connectivity index (χ0) is 12.4. The predicted octanol–water partition coefficient (Wildman–Crippen LogP) is 2.73. The Morgan fingerprint density at radius 2 is 1.88 bits per heavy atom. The Balaban J connectivity index is 2.54. The fraction of sp³-hybridized carbons (Fsp3) is 0.538. The summed E-state index contributed by atoms with van der Waals surface area (Å²) >= 11 is 1.92. The fourth-order valence-electron chi connectivity index (χ4n) is 2.32. The molecule has 0 saturated heterocycles. The minimum Gasteiger partial charge on any atom is -0.496 e. The van der Waals surface area contributed by atoms with Crippen molar-refractivity contribution in [3.8, 4) is 11.5 Å². The number of rotatable bonds is 2. The van der Waals surface area contributed by atoms with Crippen LogP contribution in [0.5, 0.6) is 11.5 Å². The Morgan fingerprint density at radius 3 is 2.53 bits per heavy atom. The lowest BCUT2D eigenvalue weighted by Crippen LogP contribution is -2.15. The van der Waals surface area contributed by atoms with Gasteiger partial charge in [-0.15, -0.1) is 0 Å². The summed E-state index contributed by atoms with van der Waals surface area (Å²) in [4.78, 5) is 0. The molecule has 4 heteroatoms. The SMILES string of the molecule is COc1ccc(OC)c2c1CSC(C)C[C@@H]2N. The average Bonchev–Trinajstić information content (AvgIpc) is 2.48. The second kappa shape index (κ2) is 5.19. The van der Waals surface area contributed by atoms with Gasteiger partial charge >= 0.3 is 0 Å². The highest BCUT2D eigenvalue weighted by Crippen LogP contribution is 2.42. The second-order valence-corrected chi connectivity index (χ2v) is 5.75. The average molecular weight is 253 g/mol. The van der Waals surface area contributed by atoms with E-state index in [0.717, 1.165) is 29.2 Å². The van der Waals surface area contributed by atoms with Crippen molar-refractivity contribution in [2.75, 3.05) is 14.2 Å². The van der Waals surface area contributed by atoms with Crippen LogP contribution in [-0.4, -0.2) is 19.5 Å². The van der Waals surface area contributed by atoms with Crippen LogP contribution >= 0.6 is 11.8 Å². The van der Waals surface area contributed by atoms with Crippen LogP contribution in [0.15, 0.2) is 12.1 Å². The van der Waals surface area contributed by atoms with Crippen molar-refractivity contribution >= 4 is 11.8 Å². The summed E-state index contributed by atoms with van der Waals surface area (Å²) in [7, 11) is 3.39. The van der Waals surface area contributed by atoms with E-state index in [2.05, 4.69) is 6.92 Å². The van der Waals surface area contributed by atoms with E-state index in [4.69, 9.17) is 15.2 Å². The molecule has 0 saturated carbocycles. The van der Waals surface area contributed by atoms with E-state index in [9.17, 15) is 0 Å². The third-order valence-electron chi connectivity index (χ3n) is 3.18. The van der Waals surface area contributed by atoms with Crippen LogP contribution < -0.4 is 15.2 Å². The lowest BCUT2D eigenvalue weighted by atomic mass is 9.96. The first-order valence-electron chi connectivity index (χ1n) is 5.78. The Labute approximate surface area is 107 Å². The van der Waals surface area contributed by atoms with Gasteiger partial charge in [0.2, 0.25) is 0 Å². The number of methoxy groups -OCH3 is 2. The zero-order valence-corrected chi connectivity index (χ0v) is 11.3. The zero-order valence-electron chi connectivity index (χ0n) is 10.5. The van der Waals surface area contributed by atoms with Crippen molar-refractivity contribution in [2.45, 2.75) is 30.4 Å². The van der Waals surface area contributed by atoms with Crippen LogP contribution in [0, 0.1) is 0 Å². The van der Waals surface area contributed by atoms with Crippen molar-refractivity contribution in [1.29, 1.82) is 0 Å². The van der Waals surface area contributed by atoms with Gasteiger partial charge in [-0.2, -0.15) is 11.8 Å². The molecule has 1 heterocycles. The highest BCUT2D eigenvalue weighted by atomic mass is 32.2. The molecule has 0 fully saturated rings. The molecule has 3 nitrogen and oxygen atoms in total. The molecule has 17 heavy (non-hydrogen) atoms. The number of thioether (sulfide) groups is 1. The van der Waals surface area contributed by atoms with E-state index in [-0.39, 0.29) is 6.04 Å². The summed E-state index contributed by atoms with van der Waals surface area (Å²) in [5.74, 6) is 2.73. The maximum atomic E-state index is 6.29. The van der Waals surface area contributed by atoms with Gasteiger partial charge < -0.3 is 15.2 Å². The van der Waals surface area contributed by atoms with Gasteiger partial charge in [-0.3, -0.25) is 0 Å². The number of hydrogen-bond acceptors (Lipinski definition) is 4. The first-order valence-corrected chi connectivity index (χ1v) is 6.83. The summed E-state index contributed by atoms with van der Waals surface area (Å²) < 4.78 is 10.9. The first kappa shape index (κ1) is 12.6. The smallest absolute Gasteiger partial charge is 0.124 e. The Hall–Kier alpha value is -0.870. The quantitative estimate of drug-likeness (QED) is 0.880. The van der Waals surface area contributed by atoms with Gasteiger partial charge in [0.25, 0.3) is 0 Å². The first-order chi connectivity index (χ1) is 8.17. The molecule has 1 aliphatic heterocycles. The maximum Gasteiger partial charge on any atom is 0.124 e. The molecule has 0 aliphatic carbocycles. The summed E-state index contributed by atoms with van der Waals surface area (Å²) in [6.45, 7) is 2.22. The fourth-order valence-corrected chi connectivity index (χ4v) is 3.41. The van der Waals surface area contributed by atoms with Crippen LogP contribution in [0.2, 0.25) is 0 Å². The molecular weight excluding hydrogens is 234 g/mol. The van der Waals surface area contributed by atoms with Crippen molar-refractivity contribution in [2.24, 2.45) is 5.73 Å². The van der Waals surface area contributed by atoms with E-state index in [1.165, 1.54) is 5.56 Å². The molecule has 0 bridgehead atoms. The summed E-state index contributed by atoms with van der Waals surface area (Å²) in [5.41, 5.74) is 8.59. The molecule has 1 aromatic carbocycles. The van der Waals surface area contributed by atoms with E-state index in [0.29, 0.717) is 5.25 Å². The van der Waals surface area contributed by atoms with Crippen LogP contribution in [0.25, 0.3) is 0 Å². The van der Waals surface area contributed by atoms with Gasteiger partial charge in [-0.25, -0.2) is 0 Å². The Kier molecular flexibility index (Phi) is 3.84. The number of hydrogen-bond donors (Lipinski definition) is 1. The summed E-state index contributed by atoms with van der Waals surface area (Å²) in [6.07, 6.45) is 0.973. The maximum absolute atomic E-state index is 6.29. The highest BCUT2D eigenvalue weighted by molar-refractivity contribution is 7.99.